The Kier molecular flexibility index (Phi) is 11.3. The minimum absolute atomic E-state index is 0.193. The molecule has 0 radical (unpaired) electrons. The number of ether oxygens (including phenoxy) is 3. The lowest BCUT2D eigenvalue weighted by molar-refractivity contribution is 0.0779. The number of benzene rings is 4. The number of aromatic nitrogens is 4. The van der Waals surface area contributed by atoms with E-state index < -0.39 is 17.0 Å². The van der Waals surface area contributed by atoms with E-state index in [2.05, 4.69) is 49.7 Å². The van der Waals surface area contributed by atoms with Crippen LogP contribution in [0.3, 0.4) is 0 Å². The van der Waals surface area contributed by atoms with Gasteiger partial charge in [-0.3, -0.25) is 4.79 Å². The van der Waals surface area contributed by atoms with E-state index in [0.29, 0.717) is 60.9 Å². The number of carbonyl (C=O) groups excluding carboxylic acids is 1. The number of carbonyl (C=O) groups is 1. The Balaban J connectivity index is 0.947. The van der Waals surface area contributed by atoms with Gasteiger partial charge in [-0.2, -0.15) is 0 Å². The van der Waals surface area contributed by atoms with Crippen LogP contribution in [0.25, 0.3) is 11.0 Å². The second kappa shape index (κ2) is 16.9. The molecule has 8 rings (SSSR count). The quantitative estimate of drug-likeness (QED) is 0.122. The lowest BCUT2D eigenvalue weighted by atomic mass is 9.76. The first-order valence-corrected chi connectivity index (χ1v) is 19.8. The largest absolute Gasteiger partial charge is 0.493 e. The number of halogens is 2. The molecular weight excluding hydrogens is 741 g/mol. The smallest absolute Gasteiger partial charge is 0.254 e. The van der Waals surface area contributed by atoms with E-state index in [-0.39, 0.29) is 11.9 Å². The lowest BCUT2D eigenvalue weighted by Crippen LogP contribution is -2.42. The van der Waals surface area contributed by atoms with E-state index in [9.17, 15) is 13.6 Å². The maximum absolute atomic E-state index is 14.8. The van der Waals surface area contributed by atoms with E-state index >= 15 is 0 Å². The zero-order valence-corrected chi connectivity index (χ0v) is 33.2. The molecule has 0 aliphatic carbocycles. The van der Waals surface area contributed by atoms with Gasteiger partial charge in [0.2, 0.25) is 11.7 Å². The normalized spacial score (nSPS) is 17.5. The number of imidazole rings is 2. The highest BCUT2D eigenvalue weighted by Crippen LogP contribution is 2.42. The molecule has 2 aromatic heterocycles. The van der Waals surface area contributed by atoms with Crippen LogP contribution in [0, 0.1) is 11.6 Å². The maximum atomic E-state index is 14.8. The fourth-order valence-electron chi connectivity index (χ4n) is 8.60. The van der Waals surface area contributed by atoms with Crippen molar-refractivity contribution in [2.75, 3.05) is 59.4 Å². The van der Waals surface area contributed by atoms with Crippen LogP contribution in [0.4, 0.5) is 14.7 Å². The molecule has 2 saturated heterocycles. The number of hydrogen-bond acceptors (Lipinski definition) is 8. The Labute approximate surface area is 337 Å². The van der Waals surface area contributed by atoms with Gasteiger partial charge in [0, 0.05) is 62.1 Å². The molecule has 2 aliphatic heterocycles. The number of likely N-dealkylation sites (tertiary alicyclic amines) is 2. The van der Waals surface area contributed by atoms with Crippen LogP contribution in [0.2, 0.25) is 0 Å². The molecule has 302 valence electrons. The van der Waals surface area contributed by atoms with Gasteiger partial charge in [-0.15, -0.1) is 0 Å². The molecule has 13 heteroatoms. The number of rotatable bonds is 14. The van der Waals surface area contributed by atoms with Crippen molar-refractivity contribution in [2.45, 2.75) is 50.2 Å². The van der Waals surface area contributed by atoms with Gasteiger partial charge in [0.1, 0.15) is 5.82 Å². The molecule has 4 heterocycles. The summed E-state index contributed by atoms with van der Waals surface area (Å²) in [6.07, 6.45) is 7.00. The highest BCUT2D eigenvalue weighted by atomic mass is 19.2. The standard InChI is InChI=1S/C45H49F2N7O4/c1-56-39-25-32(26-40(57-2)42(39)58-3)43(55)53-23-18-45(30-53,33-13-14-35(46)36(47)27-33)17-22-51-20-15-34(16-21-51)49-44-50-37-11-7-8-12-38(37)54(44)29-41-48-19-24-52(41)28-31-9-5-4-6-10-31/h4-14,19,24-27,34H,15-18,20-23,28-30H2,1-3H3,(H,49,50). The summed E-state index contributed by atoms with van der Waals surface area (Å²) in [6.45, 7) is 4.62. The van der Waals surface area contributed by atoms with E-state index in [4.69, 9.17) is 24.2 Å². The van der Waals surface area contributed by atoms with Gasteiger partial charge in [0.05, 0.1) is 38.9 Å². The summed E-state index contributed by atoms with van der Waals surface area (Å²) < 4.78 is 49.8. The Morgan fingerprint density at radius 3 is 2.33 bits per heavy atom. The van der Waals surface area contributed by atoms with Crippen LogP contribution in [-0.2, 0) is 18.5 Å². The Morgan fingerprint density at radius 2 is 1.60 bits per heavy atom. The van der Waals surface area contributed by atoms with E-state index in [1.807, 2.05) is 36.7 Å². The second-order valence-electron chi connectivity index (χ2n) is 15.3. The van der Waals surface area contributed by atoms with Gasteiger partial charge >= 0.3 is 0 Å². The second-order valence-corrected chi connectivity index (χ2v) is 15.3. The van der Waals surface area contributed by atoms with E-state index in [1.54, 1.807) is 23.1 Å². The number of nitrogens with one attached hydrogen (secondary N) is 1. The molecule has 4 aromatic carbocycles. The fourth-order valence-corrected chi connectivity index (χ4v) is 8.60. The molecule has 6 aromatic rings. The molecule has 0 saturated carbocycles. The summed E-state index contributed by atoms with van der Waals surface area (Å²) >= 11 is 0. The average Bonchev–Trinajstić information content (AvgIpc) is 3.99. The molecule has 11 nitrogen and oxygen atoms in total. The predicted molar refractivity (Wildman–Crippen MR) is 219 cm³/mol. The number of fused-ring (bicyclic) bond motifs is 1. The minimum Gasteiger partial charge on any atom is -0.493 e. The number of methoxy groups -OCH3 is 3. The SMILES string of the molecule is COc1cc(C(=O)N2CCC(CCN3CCC(Nc4nc5ccccc5n4Cc4nccn4Cc4ccccc4)CC3)(c3ccc(F)c(F)c3)C2)cc(OC)c1OC. The molecule has 0 bridgehead atoms. The van der Waals surface area contributed by atoms with Crippen LogP contribution >= 0.6 is 0 Å². The zero-order valence-electron chi connectivity index (χ0n) is 33.2. The molecule has 1 atom stereocenters. The minimum atomic E-state index is -0.886. The highest BCUT2D eigenvalue weighted by molar-refractivity contribution is 5.96. The first-order valence-electron chi connectivity index (χ1n) is 19.8. The molecular formula is C45H49F2N7O4. The summed E-state index contributed by atoms with van der Waals surface area (Å²) in [5.41, 5.74) is 3.74. The number of para-hydroxylation sites is 2. The van der Waals surface area contributed by atoms with Crippen molar-refractivity contribution >= 4 is 22.9 Å². The zero-order chi connectivity index (χ0) is 40.2. The highest BCUT2D eigenvalue weighted by Gasteiger charge is 2.42. The van der Waals surface area contributed by atoms with Crippen molar-refractivity contribution in [1.82, 2.24) is 28.9 Å². The topological polar surface area (TPSA) is 98.9 Å². The van der Waals surface area contributed by atoms with Crippen LogP contribution in [0.1, 0.15) is 53.0 Å². The molecule has 1 unspecified atom stereocenters. The number of piperidine rings is 1. The van der Waals surface area contributed by atoms with Crippen molar-refractivity contribution in [3.63, 3.8) is 0 Å². The lowest BCUT2D eigenvalue weighted by Gasteiger charge is -2.36. The molecule has 2 aliphatic rings. The van der Waals surface area contributed by atoms with Gasteiger partial charge in [-0.1, -0.05) is 48.5 Å². The third-order valence-electron chi connectivity index (χ3n) is 11.9. The Bertz CT molecular complexity index is 2350. The fraction of sp³-hybridized carbons (Fsp3) is 0.356. The maximum Gasteiger partial charge on any atom is 0.254 e. The van der Waals surface area contributed by atoms with Crippen molar-refractivity contribution in [2.24, 2.45) is 0 Å². The monoisotopic (exact) mass is 789 g/mol. The molecule has 58 heavy (non-hydrogen) atoms. The van der Waals surface area contributed by atoms with Crippen molar-refractivity contribution in [1.29, 1.82) is 0 Å². The summed E-state index contributed by atoms with van der Waals surface area (Å²) in [4.78, 5) is 28.0. The number of anilines is 1. The summed E-state index contributed by atoms with van der Waals surface area (Å²) in [5.74, 6) is 0.993. The summed E-state index contributed by atoms with van der Waals surface area (Å²) in [6, 6.07) is 26.3. The third-order valence-corrected chi connectivity index (χ3v) is 11.9. The van der Waals surface area contributed by atoms with Gasteiger partial charge in [0.25, 0.3) is 5.91 Å². The Hall–Kier alpha value is -5.95. The van der Waals surface area contributed by atoms with Crippen LogP contribution < -0.4 is 19.5 Å². The van der Waals surface area contributed by atoms with E-state index in [0.717, 1.165) is 61.8 Å². The number of amides is 1. The number of nitrogens with zero attached hydrogens (tertiary/aromatic N) is 6. The third kappa shape index (κ3) is 7.95. The van der Waals surface area contributed by atoms with Gasteiger partial charge < -0.3 is 38.5 Å². The van der Waals surface area contributed by atoms with Gasteiger partial charge in [-0.25, -0.2) is 18.7 Å². The van der Waals surface area contributed by atoms with E-state index in [1.165, 1.54) is 39.0 Å². The van der Waals surface area contributed by atoms with Gasteiger partial charge in [-0.05, 0) is 79.8 Å². The molecule has 2 fully saturated rings. The van der Waals surface area contributed by atoms with Crippen molar-refractivity contribution in [3.05, 3.63) is 131 Å². The number of hydrogen-bond donors (Lipinski definition) is 1. The molecule has 1 amide bonds. The van der Waals surface area contributed by atoms with Gasteiger partial charge in [0.15, 0.2) is 23.1 Å². The predicted octanol–water partition coefficient (Wildman–Crippen LogP) is 7.38. The van der Waals surface area contributed by atoms with Crippen LogP contribution in [0.15, 0.2) is 97.3 Å². The van der Waals surface area contributed by atoms with Crippen LogP contribution in [-0.4, -0.2) is 94.9 Å². The van der Waals surface area contributed by atoms with Crippen molar-refractivity contribution in [3.8, 4) is 17.2 Å². The molecule has 1 N–H and O–H groups in total. The summed E-state index contributed by atoms with van der Waals surface area (Å²) in [7, 11) is 4.54. The first kappa shape index (κ1) is 38.9. The summed E-state index contributed by atoms with van der Waals surface area (Å²) in [5, 5.41) is 3.78. The first-order chi connectivity index (χ1) is 28.3. The molecule has 0 spiro atoms. The van der Waals surface area contributed by atoms with Crippen LogP contribution in [0.5, 0.6) is 17.2 Å². The Morgan fingerprint density at radius 1 is 0.862 bits per heavy atom. The average molecular weight is 790 g/mol. The van der Waals surface area contributed by atoms with Crippen molar-refractivity contribution < 1.29 is 27.8 Å².